The monoisotopic (exact) mass is 223 g/mol. The van der Waals surface area contributed by atoms with Crippen molar-refractivity contribution in [2.24, 2.45) is 0 Å². The molecule has 1 unspecified atom stereocenters. The van der Waals surface area contributed by atoms with E-state index in [9.17, 15) is 14.4 Å². The molecule has 1 aliphatic rings. The lowest BCUT2D eigenvalue weighted by molar-refractivity contribution is -0.145. The van der Waals surface area contributed by atoms with E-state index < -0.39 is 18.0 Å². The van der Waals surface area contributed by atoms with Crippen molar-refractivity contribution in [2.45, 2.75) is 12.5 Å². The molecule has 0 aliphatic carbocycles. The number of aromatic amines is 1. The molecule has 1 N–H and O–H groups in total. The minimum Gasteiger partial charge on any atom is -0.463 e. The second-order valence-electron chi connectivity index (χ2n) is 3.29. The fourth-order valence-electron chi connectivity index (χ4n) is 1.32. The van der Waals surface area contributed by atoms with E-state index in [1.54, 1.807) is 0 Å². The third-order valence-electron chi connectivity index (χ3n) is 2.16. The first-order valence-corrected chi connectivity index (χ1v) is 4.73. The number of ether oxygens (including phenoxy) is 2. The number of carbonyl (C=O) groups excluding carboxylic acids is 2. The zero-order chi connectivity index (χ0) is 11.5. The summed E-state index contributed by atoms with van der Waals surface area (Å²) < 4.78 is 9.56. The Bertz CT molecular complexity index is 458. The molecule has 1 atom stereocenters. The molecule has 0 aromatic carbocycles. The van der Waals surface area contributed by atoms with Gasteiger partial charge < -0.3 is 14.5 Å². The number of hydrogen-bond acceptors (Lipinski definition) is 5. The van der Waals surface area contributed by atoms with Crippen molar-refractivity contribution in [3.8, 4) is 0 Å². The summed E-state index contributed by atoms with van der Waals surface area (Å²) >= 11 is 0. The Morgan fingerprint density at radius 2 is 2.25 bits per heavy atom. The molecule has 6 nitrogen and oxygen atoms in total. The van der Waals surface area contributed by atoms with Crippen LogP contribution in [0.1, 0.15) is 16.8 Å². The predicted octanol–water partition coefficient (Wildman–Crippen LogP) is -0.153. The highest BCUT2D eigenvalue weighted by Crippen LogP contribution is 2.12. The fourth-order valence-corrected chi connectivity index (χ4v) is 1.32. The molecule has 2 rings (SSSR count). The maximum Gasteiger partial charge on any atom is 0.347 e. The van der Waals surface area contributed by atoms with Crippen LogP contribution >= 0.6 is 0 Å². The van der Waals surface area contributed by atoms with Crippen molar-refractivity contribution < 1.29 is 19.1 Å². The second-order valence-corrected chi connectivity index (χ2v) is 3.29. The number of nitrogens with one attached hydrogen (secondary N) is 1. The molecule has 0 saturated carbocycles. The molecular formula is C10H9NO5. The van der Waals surface area contributed by atoms with E-state index in [0.29, 0.717) is 6.42 Å². The maximum atomic E-state index is 11.5. The van der Waals surface area contributed by atoms with Gasteiger partial charge in [0.25, 0.3) is 0 Å². The van der Waals surface area contributed by atoms with Crippen LogP contribution in [0, 0.1) is 0 Å². The molecule has 0 radical (unpaired) electrons. The van der Waals surface area contributed by atoms with E-state index in [4.69, 9.17) is 4.74 Å². The van der Waals surface area contributed by atoms with E-state index in [0.717, 1.165) is 0 Å². The first kappa shape index (κ1) is 10.4. The minimum atomic E-state index is -0.834. The first-order valence-electron chi connectivity index (χ1n) is 4.73. The molecule has 1 fully saturated rings. The Labute approximate surface area is 90.2 Å². The molecule has 0 spiro atoms. The summed E-state index contributed by atoms with van der Waals surface area (Å²) in [5, 5.41) is 0. The van der Waals surface area contributed by atoms with Crippen molar-refractivity contribution in [1.29, 1.82) is 0 Å². The van der Waals surface area contributed by atoms with Gasteiger partial charge in [-0.3, -0.25) is 4.79 Å². The second kappa shape index (κ2) is 4.18. The van der Waals surface area contributed by atoms with Crippen LogP contribution in [0.4, 0.5) is 0 Å². The van der Waals surface area contributed by atoms with Gasteiger partial charge in [-0.25, -0.2) is 9.59 Å². The van der Waals surface area contributed by atoms with Crippen LogP contribution in [0.3, 0.4) is 0 Å². The van der Waals surface area contributed by atoms with E-state index in [-0.39, 0.29) is 17.7 Å². The Kier molecular flexibility index (Phi) is 2.72. The summed E-state index contributed by atoms with van der Waals surface area (Å²) in [7, 11) is 0. The Hall–Kier alpha value is -2.11. The lowest BCUT2D eigenvalue weighted by Gasteiger charge is -2.07. The maximum absolute atomic E-state index is 11.5. The average Bonchev–Trinajstić information content (AvgIpc) is 2.65. The van der Waals surface area contributed by atoms with Gasteiger partial charge >= 0.3 is 11.9 Å². The van der Waals surface area contributed by atoms with Gasteiger partial charge in [0.1, 0.15) is 0 Å². The standard InChI is InChI=1S/C10H9NO5/c12-8-2-1-6(5-11-8)9(13)16-7-3-4-15-10(7)14/h1-2,5,7H,3-4H2,(H,11,12). The Morgan fingerprint density at radius 3 is 2.81 bits per heavy atom. The van der Waals surface area contributed by atoms with Crippen molar-refractivity contribution >= 4 is 11.9 Å². The highest BCUT2D eigenvalue weighted by molar-refractivity contribution is 5.91. The van der Waals surface area contributed by atoms with Crippen LogP contribution < -0.4 is 5.56 Å². The van der Waals surface area contributed by atoms with Gasteiger partial charge in [-0.1, -0.05) is 0 Å². The van der Waals surface area contributed by atoms with Gasteiger partial charge in [-0.05, 0) is 6.07 Å². The first-order chi connectivity index (χ1) is 7.66. The molecule has 1 aliphatic heterocycles. The fraction of sp³-hybridized carbons (Fsp3) is 0.300. The molecule has 6 heteroatoms. The quantitative estimate of drug-likeness (QED) is 0.704. The molecule has 1 saturated heterocycles. The lowest BCUT2D eigenvalue weighted by atomic mass is 10.2. The smallest absolute Gasteiger partial charge is 0.347 e. The highest BCUT2D eigenvalue weighted by Gasteiger charge is 2.30. The normalized spacial score (nSPS) is 19.2. The molecular weight excluding hydrogens is 214 g/mol. The summed E-state index contributed by atoms with van der Waals surface area (Å²) in [5.74, 6) is -1.18. The average molecular weight is 223 g/mol. The number of pyridine rings is 1. The van der Waals surface area contributed by atoms with Gasteiger partial charge in [-0.2, -0.15) is 0 Å². The third-order valence-corrected chi connectivity index (χ3v) is 2.16. The van der Waals surface area contributed by atoms with Crippen LogP contribution in [0.15, 0.2) is 23.1 Å². The molecule has 2 heterocycles. The Morgan fingerprint density at radius 1 is 1.44 bits per heavy atom. The van der Waals surface area contributed by atoms with Crippen LogP contribution in [-0.4, -0.2) is 29.6 Å². The van der Waals surface area contributed by atoms with E-state index in [1.807, 2.05) is 0 Å². The minimum absolute atomic E-state index is 0.194. The van der Waals surface area contributed by atoms with Crippen LogP contribution in [0.2, 0.25) is 0 Å². The topological polar surface area (TPSA) is 85.5 Å². The number of hydrogen-bond donors (Lipinski definition) is 1. The highest BCUT2D eigenvalue weighted by atomic mass is 16.6. The molecule has 0 bridgehead atoms. The van der Waals surface area contributed by atoms with Gasteiger partial charge in [-0.15, -0.1) is 0 Å². The predicted molar refractivity (Wildman–Crippen MR) is 51.8 cm³/mol. The SMILES string of the molecule is O=C(OC1CCOC1=O)c1ccc(=O)[nH]c1. The summed E-state index contributed by atoms with van der Waals surface area (Å²) in [6.07, 6.45) is 0.776. The Balaban J connectivity index is 2.05. The number of H-pyrrole nitrogens is 1. The zero-order valence-corrected chi connectivity index (χ0v) is 8.26. The number of esters is 2. The summed E-state index contributed by atoms with van der Waals surface area (Å²) in [4.78, 5) is 35.6. The van der Waals surface area contributed by atoms with Crippen LogP contribution in [0.5, 0.6) is 0 Å². The van der Waals surface area contributed by atoms with Gasteiger partial charge in [0.15, 0.2) is 0 Å². The van der Waals surface area contributed by atoms with Crippen LogP contribution in [-0.2, 0) is 14.3 Å². The van der Waals surface area contributed by atoms with Gasteiger partial charge in [0.05, 0.1) is 12.2 Å². The summed E-state index contributed by atoms with van der Waals surface area (Å²) in [6, 6.07) is 2.55. The van der Waals surface area contributed by atoms with E-state index in [2.05, 4.69) is 9.72 Å². The molecule has 84 valence electrons. The number of aromatic nitrogens is 1. The largest absolute Gasteiger partial charge is 0.463 e. The van der Waals surface area contributed by atoms with Crippen molar-refractivity contribution in [3.63, 3.8) is 0 Å². The number of rotatable bonds is 2. The number of carbonyl (C=O) groups is 2. The van der Waals surface area contributed by atoms with Crippen molar-refractivity contribution in [1.82, 2.24) is 4.98 Å². The summed E-state index contributed by atoms with van der Waals surface area (Å²) in [5.41, 5.74) is -0.115. The lowest BCUT2D eigenvalue weighted by Crippen LogP contribution is -2.23. The summed E-state index contributed by atoms with van der Waals surface area (Å²) in [6.45, 7) is 0.266. The zero-order valence-electron chi connectivity index (χ0n) is 8.26. The third kappa shape index (κ3) is 2.10. The van der Waals surface area contributed by atoms with Gasteiger partial charge in [0, 0.05) is 18.7 Å². The van der Waals surface area contributed by atoms with E-state index in [1.165, 1.54) is 18.3 Å². The van der Waals surface area contributed by atoms with Crippen molar-refractivity contribution in [2.75, 3.05) is 6.61 Å². The number of cyclic esters (lactones) is 1. The van der Waals surface area contributed by atoms with Gasteiger partial charge in [0.2, 0.25) is 11.7 Å². The molecule has 1 aromatic heterocycles. The molecule has 1 aromatic rings. The molecule has 16 heavy (non-hydrogen) atoms. The van der Waals surface area contributed by atoms with Crippen LogP contribution in [0.25, 0.3) is 0 Å². The van der Waals surface area contributed by atoms with E-state index >= 15 is 0 Å². The van der Waals surface area contributed by atoms with Crippen molar-refractivity contribution in [3.05, 3.63) is 34.2 Å². The molecule has 0 amide bonds.